The van der Waals surface area contributed by atoms with Gasteiger partial charge in [0, 0.05) is 24.6 Å². The van der Waals surface area contributed by atoms with E-state index in [1.165, 1.54) is 7.11 Å². The Morgan fingerprint density at radius 3 is 2.38 bits per heavy atom. The van der Waals surface area contributed by atoms with E-state index in [9.17, 15) is 9.59 Å². The van der Waals surface area contributed by atoms with Crippen LogP contribution in [-0.4, -0.2) is 24.0 Å². The smallest absolute Gasteiger partial charge is 0.337 e. The molecule has 1 heterocycles. The first-order valence-electron chi connectivity index (χ1n) is 8.98. The second kappa shape index (κ2) is 10.0. The first-order valence-corrected chi connectivity index (χ1v) is 8.98. The van der Waals surface area contributed by atoms with Gasteiger partial charge in [0.05, 0.1) is 24.8 Å². The topological polar surface area (TPSA) is 89.5 Å². The molecule has 0 spiro atoms. The molecule has 29 heavy (non-hydrogen) atoms. The number of nitrogens with zero attached hydrogens (tertiary/aromatic N) is 1. The fraction of sp³-hybridized carbons (Fsp3) is 0.136. The summed E-state index contributed by atoms with van der Waals surface area (Å²) in [6, 6.07) is 17.8. The lowest BCUT2D eigenvalue weighted by Crippen LogP contribution is -2.24. The van der Waals surface area contributed by atoms with Crippen LogP contribution in [0.25, 0.3) is 0 Å². The van der Waals surface area contributed by atoms with Gasteiger partial charge in [-0.05, 0) is 47.5 Å². The highest BCUT2D eigenvalue weighted by Crippen LogP contribution is 2.16. The normalized spacial score (nSPS) is 10.2. The summed E-state index contributed by atoms with van der Waals surface area (Å²) >= 11 is 0. The molecule has 148 valence electrons. The second-order valence-electron chi connectivity index (χ2n) is 6.16. The summed E-state index contributed by atoms with van der Waals surface area (Å²) in [5.74, 6) is -0.754. The number of pyridine rings is 1. The lowest BCUT2D eigenvalue weighted by Gasteiger charge is -2.12. The van der Waals surface area contributed by atoms with Crippen LogP contribution in [0.3, 0.4) is 0 Å². The van der Waals surface area contributed by atoms with Crippen LogP contribution in [0.15, 0.2) is 73.1 Å². The molecule has 0 aliphatic heterocycles. The Kier molecular flexibility index (Phi) is 6.91. The Morgan fingerprint density at radius 2 is 1.66 bits per heavy atom. The van der Waals surface area contributed by atoms with E-state index < -0.39 is 5.97 Å². The highest BCUT2D eigenvalue weighted by molar-refractivity contribution is 5.99. The number of nitrogens with one attached hydrogen (secondary N) is 2. The fourth-order valence-corrected chi connectivity index (χ4v) is 2.63. The number of methoxy groups -OCH3 is 1. The lowest BCUT2D eigenvalue weighted by molar-refractivity contribution is 0.0234. The van der Waals surface area contributed by atoms with Crippen molar-refractivity contribution in [2.45, 2.75) is 13.2 Å². The Hall–Kier alpha value is -3.71. The number of amides is 1. The maximum Gasteiger partial charge on any atom is 0.337 e. The zero-order chi connectivity index (χ0) is 20.5. The Labute approximate surface area is 168 Å². The third kappa shape index (κ3) is 5.63. The Bertz CT molecular complexity index is 959. The van der Waals surface area contributed by atoms with E-state index in [4.69, 9.17) is 4.84 Å². The van der Waals surface area contributed by atoms with Gasteiger partial charge < -0.3 is 10.1 Å². The molecule has 0 unspecified atom stereocenters. The predicted molar refractivity (Wildman–Crippen MR) is 108 cm³/mol. The van der Waals surface area contributed by atoms with E-state index in [-0.39, 0.29) is 12.5 Å². The quantitative estimate of drug-likeness (QED) is 0.452. The average Bonchev–Trinajstić information content (AvgIpc) is 2.78. The van der Waals surface area contributed by atoms with Crippen molar-refractivity contribution < 1.29 is 19.2 Å². The first kappa shape index (κ1) is 20.0. The number of hydrogen-bond acceptors (Lipinski definition) is 6. The highest BCUT2D eigenvalue weighted by atomic mass is 16.6. The van der Waals surface area contributed by atoms with Gasteiger partial charge in [-0.3, -0.25) is 14.6 Å². The molecule has 1 amide bonds. The zero-order valence-electron chi connectivity index (χ0n) is 15.9. The minimum absolute atomic E-state index is 0.166. The van der Waals surface area contributed by atoms with Gasteiger partial charge in [0.1, 0.15) is 0 Å². The van der Waals surface area contributed by atoms with Crippen molar-refractivity contribution in [2.24, 2.45) is 0 Å². The summed E-state index contributed by atoms with van der Waals surface area (Å²) in [7, 11) is 1.33. The fourth-order valence-electron chi connectivity index (χ4n) is 2.63. The number of aromatic nitrogens is 1. The van der Waals surface area contributed by atoms with Crippen LogP contribution < -0.4 is 10.8 Å². The van der Waals surface area contributed by atoms with Gasteiger partial charge in [0.25, 0.3) is 5.91 Å². The van der Waals surface area contributed by atoms with Gasteiger partial charge in [-0.2, -0.15) is 0 Å². The molecule has 2 aromatic carbocycles. The molecule has 7 heteroatoms. The molecule has 3 aromatic rings. The molecule has 0 saturated carbocycles. The molecule has 0 radical (unpaired) electrons. The van der Waals surface area contributed by atoms with Crippen LogP contribution in [0.1, 0.15) is 31.8 Å². The van der Waals surface area contributed by atoms with Crippen LogP contribution in [0.2, 0.25) is 0 Å². The minimum atomic E-state index is -0.401. The number of hydrogen-bond donors (Lipinski definition) is 2. The van der Waals surface area contributed by atoms with Crippen molar-refractivity contribution in [1.29, 1.82) is 0 Å². The van der Waals surface area contributed by atoms with Crippen LogP contribution in [-0.2, 0) is 22.7 Å². The Balaban J connectivity index is 1.55. The van der Waals surface area contributed by atoms with Gasteiger partial charge in [-0.25, -0.2) is 10.3 Å². The summed E-state index contributed by atoms with van der Waals surface area (Å²) in [6.45, 7) is 0.736. The number of esters is 1. The van der Waals surface area contributed by atoms with Crippen molar-refractivity contribution in [2.75, 3.05) is 12.4 Å². The molecular weight excluding hydrogens is 370 g/mol. The molecule has 0 saturated heterocycles. The predicted octanol–water partition coefficient (Wildman–Crippen LogP) is 3.34. The van der Waals surface area contributed by atoms with Gasteiger partial charge in [-0.15, -0.1) is 0 Å². The number of ether oxygens (including phenoxy) is 1. The summed E-state index contributed by atoms with van der Waals surface area (Å²) in [5, 5.41) is 3.25. The number of rotatable bonds is 8. The third-order valence-electron chi connectivity index (χ3n) is 4.18. The van der Waals surface area contributed by atoms with E-state index in [1.54, 1.807) is 48.8 Å². The van der Waals surface area contributed by atoms with Gasteiger partial charge in [-0.1, -0.05) is 24.3 Å². The van der Waals surface area contributed by atoms with E-state index >= 15 is 0 Å². The summed E-state index contributed by atoms with van der Waals surface area (Å²) in [6.07, 6.45) is 3.45. The summed E-state index contributed by atoms with van der Waals surface area (Å²) < 4.78 is 4.66. The molecule has 3 rings (SSSR count). The van der Waals surface area contributed by atoms with Crippen molar-refractivity contribution in [3.05, 3.63) is 95.3 Å². The standard InChI is InChI=1S/C22H21N3O4/c1-28-22(27)18-8-6-17(7-9-18)15-29-25-21(26)19-4-2-3-5-20(19)24-14-16-10-12-23-13-11-16/h2-13,24H,14-15H2,1H3,(H,25,26). The molecule has 7 nitrogen and oxygen atoms in total. The monoisotopic (exact) mass is 391 g/mol. The molecular formula is C22H21N3O4. The molecule has 0 aliphatic carbocycles. The van der Waals surface area contributed by atoms with Crippen molar-refractivity contribution >= 4 is 17.6 Å². The average molecular weight is 391 g/mol. The van der Waals surface area contributed by atoms with E-state index in [2.05, 4.69) is 20.5 Å². The van der Waals surface area contributed by atoms with Crippen molar-refractivity contribution in [3.8, 4) is 0 Å². The highest BCUT2D eigenvalue weighted by Gasteiger charge is 2.11. The van der Waals surface area contributed by atoms with E-state index in [0.717, 1.165) is 11.1 Å². The van der Waals surface area contributed by atoms with E-state index in [1.807, 2.05) is 24.3 Å². The largest absolute Gasteiger partial charge is 0.465 e. The SMILES string of the molecule is COC(=O)c1ccc(CONC(=O)c2ccccc2NCc2ccncc2)cc1. The van der Waals surface area contributed by atoms with Gasteiger partial charge in [0.15, 0.2) is 0 Å². The molecule has 0 fully saturated rings. The molecule has 0 bridgehead atoms. The number of hydroxylamine groups is 1. The third-order valence-corrected chi connectivity index (χ3v) is 4.18. The van der Waals surface area contributed by atoms with Crippen LogP contribution in [0, 0.1) is 0 Å². The maximum atomic E-state index is 12.5. The second-order valence-corrected chi connectivity index (χ2v) is 6.16. The minimum Gasteiger partial charge on any atom is -0.465 e. The van der Waals surface area contributed by atoms with Crippen molar-refractivity contribution in [1.82, 2.24) is 10.5 Å². The number of carbonyl (C=O) groups excluding carboxylic acids is 2. The van der Waals surface area contributed by atoms with Gasteiger partial charge >= 0.3 is 5.97 Å². The summed E-state index contributed by atoms with van der Waals surface area (Å²) in [5.41, 5.74) is 5.95. The van der Waals surface area contributed by atoms with Gasteiger partial charge in [0.2, 0.25) is 0 Å². The number of carbonyl (C=O) groups is 2. The van der Waals surface area contributed by atoms with Crippen molar-refractivity contribution in [3.63, 3.8) is 0 Å². The zero-order valence-corrected chi connectivity index (χ0v) is 15.9. The van der Waals surface area contributed by atoms with Crippen LogP contribution in [0.4, 0.5) is 5.69 Å². The molecule has 0 atom stereocenters. The number of anilines is 1. The molecule has 1 aromatic heterocycles. The summed E-state index contributed by atoms with van der Waals surface area (Å²) in [4.78, 5) is 33.3. The molecule has 2 N–H and O–H groups in total. The Morgan fingerprint density at radius 1 is 0.931 bits per heavy atom. The van der Waals surface area contributed by atoms with Crippen LogP contribution in [0.5, 0.6) is 0 Å². The molecule has 0 aliphatic rings. The number of benzene rings is 2. The number of para-hydroxylation sites is 1. The first-order chi connectivity index (χ1) is 14.2. The van der Waals surface area contributed by atoms with E-state index in [0.29, 0.717) is 23.4 Å². The van der Waals surface area contributed by atoms with Crippen LogP contribution >= 0.6 is 0 Å². The lowest BCUT2D eigenvalue weighted by atomic mass is 10.1. The maximum absolute atomic E-state index is 12.5.